The van der Waals surface area contributed by atoms with Crippen molar-refractivity contribution >= 4 is 0 Å². The Bertz CT molecular complexity index is 840. The Morgan fingerprint density at radius 1 is 0.159 bits per heavy atom. The lowest BCUT2D eigenvalue weighted by molar-refractivity contribution is 0.252. The molecule has 0 atom stereocenters. The van der Waals surface area contributed by atoms with E-state index in [9.17, 15) is 5.11 Å². The molecule has 1 heteroatoms. The number of aliphatic hydroxyl groups is 1. The monoisotopic (exact) mass is 971 g/mol. The van der Waals surface area contributed by atoms with Gasteiger partial charge >= 0.3 is 0 Å². The van der Waals surface area contributed by atoms with Crippen LogP contribution in [0.15, 0.2) is 0 Å². The Kier molecular flexibility index (Phi) is 45.3. The highest BCUT2D eigenvalue weighted by Crippen LogP contribution is 2.35. The highest BCUT2D eigenvalue weighted by Gasteiger charge is 2.20. The van der Waals surface area contributed by atoms with Gasteiger partial charge < -0.3 is 5.11 Å². The van der Waals surface area contributed by atoms with Gasteiger partial charge in [0.15, 0.2) is 0 Å². The number of hydrogen-bond donors (Lipinski definition) is 1. The van der Waals surface area contributed by atoms with Gasteiger partial charge in [0.25, 0.3) is 0 Å². The molecule has 1 N–H and O–H groups in total. The van der Waals surface area contributed by atoms with Crippen LogP contribution in [0.4, 0.5) is 0 Å². The predicted molar refractivity (Wildman–Crippen MR) is 316 cm³/mol. The molecular weight excluding hydrogens is 833 g/mol. The highest BCUT2D eigenvalue weighted by atomic mass is 16.2. The molecule has 0 heterocycles. The van der Waals surface area contributed by atoms with Gasteiger partial charge in [0.1, 0.15) is 0 Å². The first-order valence-electron chi connectivity index (χ1n) is 32.4. The molecule has 69 heavy (non-hydrogen) atoms. The minimum absolute atomic E-state index is 0.370. The Labute approximate surface area is 440 Å². The summed E-state index contributed by atoms with van der Waals surface area (Å²) in [4.78, 5) is 0. The third-order valence-electron chi connectivity index (χ3n) is 17.3. The van der Waals surface area contributed by atoms with Gasteiger partial charge in [-0.05, 0) is 102 Å². The van der Waals surface area contributed by atoms with E-state index in [-0.39, 0.29) is 0 Å². The van der Waals surface area contributed by atoms with Crippen molar-refractivity contribution in [1.29, 1.82) is 0 Å². The molecule has 0 aromatic rings. The van der Waals surface area contributed by atoms with Gasteiger partial charge in [-0.3, -0.25) is 0 Å². The van der Waals surface area contributed by atoms with E-state index in [1.165, 1.54) is 225 Å². The van der Waals surface area contributed by atoms with E-state index in [4.69, 9.17) is 0 Å². The zero-order chi connectivity index (χ0) is 51.8. The average molecular weight is 972 g/mol. The molecule has 0 amide bonds. The second kappa shape index (κ2) is 45.4. The highest BCUT2D eigenvalue weighted by molar-refractivity contribution is 4.73. The third kappa shape index (κ3) is 46.2. The van der Waals surface area contributed by atoms with Gasteiger partial charge in [0.2, 0.25) is 0 Å². The van der Waals surface area contributed by atoms with E-state index in [1.54, 1.807) is 0 Å². The molecule has 0 rings (SSSR count). The number of aliphatic hydroxyl groups excluding tert-OH is 1. The normalized spacial score (nSPS) is 13.0. The number of rotatable bonds is 51. The first-order valence-corrected chi connectivity index (χ1v) is 32.4. The van der Waals surface area contributed by atoms with Crippen molar-refractivity contribution in [3.05, 3.63) is 0 Å². The molecule has 0 bridgehead atoms. The molecule has 0 saturated heterocycles. The quantitative estimate of drug-likeness (QED) is 0.0644. The molecule has 1 nitrogen and oxygen atoms in total. The Morgan fingerprint density at radius 2 is 0.275 bits per heavy atom. The zero-order valence-corrected chi connectivity index (χ0v) is 51.3. The molecule has 0 aliphatic heterocycles. The lowest BCUT2D eigenvalue weighted by Crippen LogP contribution is -2.10. The standard InChI is InChI=1S/C68H138O/c1-54(2)37-45-65(46-38-55(3)4)32-19-26-62(27-20-33-66(47-39-56(5)6)48-40-57(7)8)24-17-30-64(36-23-53-69)31-18-25-63(28-21-34-67(49-41-58(9)10)50-42-59(11)12)29-22-35-68(51-43-60(13)14)52-44-61(15)16/h54-69H,17-53H2,1-16H3. The third-order valence-corrected chi connectivity index (χ3v) is 17.3. The lowest BCUT2D eigenvalue weighted by Gasteiger charge is -2.25. The predicted octanol–water partition coefficient (Wildman–Crippen LogP) is 23.6. The molecule has 0 saturated carbocycles. The van der Waals surface area contributed by atoms with Gasteiger partial charge in [0.05, 0.1) is 0 Å². The van der Waals surface area contributed by atoms with Crippen molar-refractivity contribution in [3.8, 4) is 0 Å². The molecule has 0 aromatic heterocycles. The molecule has 416 valence electrons. The van der Waals surface area contributed by atoms with Crippen LogP contribution in [0, 0.1) is 88.8 Å². The lowest BCUT2D eigenvalue weighted by atomic mass is 9.81. The van der Waals surface area contributed by atoms with Crippen molar-refractivity contribution in [2.24, 2.45) is 88.8 Å². The molecular formula is C68H138O. The van der Waals surface area contributed by atoms with E-state index < -0.39 is 0 Å². The SMILES string of the molecule is CC(C)CCC(CCCC(CCCC(CCCO)CCCC(CCCC(CCC(C)C)CCC(C)C)CCCC(CCC(C)C)CCC(C)C)CCCC(CCC(C)C)CCC(C)C)CCC(C)C. The summed E-state index contributed by atoms with van der Waals surface area (Å²) in [5.41, 5.74) is 0. The fraction of sp³-hybridized carbons (Fsp3) is 1.00. The summed E-state index contributed by atoms with van der Waals surface area (Å²) >= 11 is 0. The fourth-order valence-electron chi connectivity index (χ4n) is 12.1. The summed E-state index contributed by atoms with van der Waals surface area (Å²) in [7, 11) is 0. The van der Waals surface area contributed by atoms with Gasteiger partial charge in [0, 0.05) is 6.61 Å². The maximum Gasteiger partial charge on any atom is 0.0431 e. The van der Waals surface area contributed by atoms with E-state index in [0.29, 0.717) is 6.61 Å². The Balaban J connectivity index is 5.93. The van der Waals surface area contributed by atoms with Crippen LogP contribution in [-0.4, -0.2) is 11.7 Å². The van der Waals surface area contributed by atoms with Crippen molar-refractivity contribution in [1.82, 2.24) is 0 Å². The topological polar surface area (TPSA) is 20.2 Å². The molecule has 0 aliphatic rings. The summed E-state index contributed by atoms with van der Waals surface area (Å²) in [5, 5.41) is 10.1. The Hall–Kier alpha value is -0.0400. The van der Waals surface area contributed by atoms with Gasteiger partial charge in [-0.1, -0.05) is 329 Å². The first kappa shape index (κ1) is 69.0. The van der Waals surface area contributed by atoms with Crippen molar-refractivity contribution < 1.29 is 5.11 Å². The van der Waals surface area contributed by atoms with Crippen LogP contribution < -0.4 is 0 Å². The molecule has 0 unspecified atom stereocenters. The van der Waals surface area contributed by atoms with Gasteiger partial charge in [-0.2, -0.15) is 0 Å². The molecule has 0 aliphatic carbocycles. The second-order valence-electron chi connectivity index (χ2n) is 28.3. The van der Waals surface area contributed by atoms with Gasteiger partial charge in [-0.15, -0.1) is 0 Å². The van der Waals surface area contributed by atoms with Crippen LogP contribution in [0.3, 0.4) is 0 Å². The summed E-state index contributed by atoms with van der Waals surface area (Å²) < 4.78 is 0. The minimum atomic E-state index is 0.370. The van der Waals surface area contributed by atoms with E-state index in [2.05, 4.69) is 111 Å². The summed E-state index contributed by atoms with van der Waals surface area (Å²) in [6.07, 6.45) is 51.2. The van der Waals surface area contributed by atoms with E-state index >= 15 is 0 Å². The second-order valence-corrected chi connectivity index (χ2v) is 28.3. The van der Waals surface area contributed by atoms with Crippen LogP contribution in [0.2, 0.25) is 0 Å². The molecule has 0 aromatic carbocycles. The minimum Gasteiger partial charge on any atom is -0.396 e. The summed E-state index contributed by atoms with van der Waals surface area (Å²) in [6.45, 7) is 39.2. The maximum absolute atomic E-state index is 10.1. The summed E-state index contributed by atoms with van der Waals surface area (Å²) in [5.74, 6) is 13.0. The smallest absolute Gasteiger partial charge is 0.0431 e. The molecule has 0 fully saturated rings. The largest absolute Gasteiger partial charge is 0.396 e. The van der Waals surface area contributed by atoms with Crippen LogP contribution in [0.1, 0.15) is 342 Å². The van der Waals surface area contributed by atoms with Crippen LogP contribution in [-0.2, 0) is 0 Å². The van der Waals surface area contributed by atoms with Crippen LogP contribution >= 0.6 is 0 Å². The van der Waals surface area contributed by atoms with Crippen LogP contribution in [0.5, 0.6) is 0 Å². The van der Waals surface area contributed by atoms with Crippen molar-refractivity contribution in [3.63, 3.8) is 0 Å². The van der Waals surface area contributed by atoms with E-state index in [1.807, 2.05) is 0 Å². The first-order chi connectivity index (χ1) is 32.8. The van der Waals surface area contributed by atoms with Crippen molar-refractivity contribution in [2.75, 3.05) is 6.61 Å². The average Bonchev–Trinajstić information content (AvgIpc) is 3.27. The van der Waals surface area contributed by atoms with E-state index in [0.717, 1.165) is 95.2 Å². The number of hydrogen-bond acceptors (Lipinski definition) is 1. The summed E-state index contributed by atoms with van der Waals surface area (Å²) in [6, 6.07) is 0. The maximum atomic E-state index is 10.1. The zero-order valence-electron chi connectivity index (χ0n) is 51.3. The Morgan fingerprint density at radius 3 is 0.391 bits per heavy atom. The van der Waals surface area contributed by atoms with Crippen molar-refractivity contribution in [2.45, 2.75) is 342 Å². The fourth-order valence-corrected chi connectivity index (χ4v) is 12.1. The molecule has 0 radical (unpaired) electrons. The van der Waals surface area contributed by atoms with Gasteiger partial charge in [-0.25, -0.2) is 0 Å². The molecule has 0 spiro atoms. The van der Waals surface area contributed by atoms with Crippen LogP contribution in [0.25, 0.3) is 0 Å².